The van der Waals surface area contributed by atoms with Gasteiger partial charge in [-0.2, -0.15) is 5.26 Å². The molecule has 0 saturated heterocycles. The van der Waals surface area contributed by atoms with Crippen molar-refractivity contribution >= 4 is 10.9 Å². The fraction of sp³-hybridized carbons (Fsp3) is 0.125. The monoisotopic (exact) mass is 383 g/mol. The van der Waals surface area contributed by atoms with Crippen LogP contribution in [0.2, 0.25) is 0 Å². The van der Waals surface area contributed by atoms with Crippen molar-refractivity contribution < 1.29 is 9.84 Å². The van der Waals surface area contributed by atoms with Crippen LogP contribution >= 0.6 is 0 Å². The van der Waals surface area contributed by atoms with Gasteiger partial charge in [0.15, 0.2) is 0 Å². The van der Waals surface area contributed by atoms with Crippen LogP contribution in [0.25, 0.3) is 16.6 Å². The van der Waals surface area contributed by atoms with Gasteiger partial charge in [-0.25, -0.2) is 0 Å². The van der Waals surface area contributed by atoms with Crippen molar-refractivity contribution in [3.63, 3.8) is 0 Å². The van der Waals surface area contributed by atoms with Crippen LogP contribution in [0.3, 0.4) is 0 Å². The molecule has 0 saturated carbocycles. The number of nitrogens with zero attached hydrogens (tertiary/aromatic N) is 2. The first-order valence-corrected chi connectivity index (χ1v) is 9.42. The second-order valence-corrected chi connectivity index (χ2v) is 6.92. The van der Waals surface area contributed by atoms with E-state index in [1.165, 1.54) is 0 Å². The zero-order valence-corrected chi connectivity index (χ0v) is 15.8. The van der Waals surface area contributed by atoms with Gasteiger partial charge in [-0.3, -0.25) is 0 Å². The quantitative estimate of drug-likeness (QED) is 0.524. The van der Waals surface area contributed by atoms with Crippen molar-refractivity contribution in [2.45, 2.75) is 12.5 Å². The van der Waals surface area contributed by atoms with Gasteiger partial charge in [0, 0.05) is 23.3 Å². The van der Waals surface area contributed by atoms with E-state index in [0.717, 1.165) is 22.2 Å². The predicted molar refractivity (Wildman–Crippen MR) is 113 cm³/mol. The molecule has 5 nitrogen and oxygen atoms in total. The Balaban J connectivity index is 1.63. The molecule has 1 atom stereocenters. The number of rotatable bonds is 6. The van der Waals surface area contributed by atoms with Crippen molar-refractivity contribution in [2.24, 2.45) is 5.73 Å². The molecule has 29 heavy (non-hydrogen) atoms. The Labute approximate surface area is 169 Å². The summed E-state index contributed by atoms with van der Waals surface area (Å²) in [6.07, 6.45) is 2.69. The molecule has 0 bridgehead atoms. The topological polar surface area (TPSA) is 84.2 Å². The Morgan fingerprint density at radius 1 is 1.00 bits per heavy atom. The van der Waals surface area contributed by atoms with Crippen LogP contribution in [0.15, 0.2) is 79.0 Å². The number of ether oxygens (including phenoxy) is 1. The van der Waals surface area contributed by atoms with Crippen LogP contribution in [-0.4, -0.2) is 22.3 Å². The molecule has 0 radical (unpaired) electrons. The van der Waals surface area contributed by atoms with Crippen LogP contribution < -0.4 is 10.5 Å². The number of fused-ring (bicyclic) bond motifs is 1. The summed E-state index contributed by atoms with van der Waals surface area (Å²) in [5, 5.41) is 19.5. The number of nitrogens with two attached hydrogens (primary N) is 1. The molecule has 0 spiro atoms. The third-order valence-corrected chi connectivity index (χ3v) is 4.82. The lowest BCUT2D eigenvalue weighted by molar-refractivity contribution is 0.265. The molecule has 144 valence electrons. The van der Waals surface area contributed by atoms with E-state index < -0.39 is 0 Å². The summed E-state index contributed by atoms with van der Waals surface area (Å²) < 4.78 is 7.99. The van der Waals surface area contributed by atoms with E-state index >= 15 is 0 Å². The first kappa shape index (κ1) is 18.8. The highest BCUT2D eigenvalue weighted by molar-refractivity contribution is 5.85. The fourth-order valence-corrected chi connectivity index (χ4v) is 3.41. The Morgan fingerprint density at radius 3 is 2.55 bits per heavy atom. The van der Waals surface area contributed by atoms with Crippen molar-refractivity contribution in [3.05, 3.63) is 90.1 Å². The first-order valence-electron chi connectivity index (χ1n) is 9.42. The van der Waals surface area contributed by atoms with Gasteiger partial charge >= 0.3 is 0 Å². The summed E-state index contributed by atoms with van der Waals surface area (Å²) in [6.45, 7) is -0.0431. The number of aliphatic hydroxyl groups excluding tert-OH is 1. The second-order valence-electron chi connectivity index (χ2n) is 6.92. The normalized spacial score (nSPS) is 11.9. The SMILES string of the molecule is N#Cc1cccc(Oc2ccc(-n3cc(CC(N)CO)c4ccccc43)cc2)c1. The molecule has 0 aliphatic carbocycles. The third kappa shape index (κ3) is 3.99. The van der Waals surface area contributed by atoms with Crippen molar-refractivity contribution in [1.29, 1.82) is 5.26 Å². The third-order valence-electron chi connectivity index (χ3n) is 4.82. The predicted octanol–water partition coefficient (Wildman–Crippen LogP) is 4.16. The number of hydrogen-bond donors (Lipinski definition) is 2. The molecular weight excluding hydrogens is 362 g/mol. The van der Waals surface area contributed by atoms with E-state index in [-0.39, 0.29) is 12.6 Å². The van der Waals surface area contributed by atoms with Crippen LogP contribution in [-0.2, 0) is 6.42 Å². The molecule has 5 heteroatoms. The maximum Gasteiger partial charge on any atom is 0.128 e. The molecule has 3 aromatic carbocycles. The lowest BCUT2D eigenvalue weighted by Crippen LogP contribution is -2.26. The van der Waals surface area contributed by atoms with Gasteiger partial charge in [-0.15, -0.1) is 0 Å². The molecule has 0 fully saturated rings. The van der Waals surface area contributed by atoms with Gasteiger partial charge in [0.05, 0.1) is 23.8 Å². The van der Waals surface area contributed by atoms with Gasteiger partial charge in [0.2, 0.25) is 0 Å². The highest BCUT2D eigenvalue weighted by Gasteiger charge is 2.12. The number of nitriles is 1. The van der Waals surface area contributed by atoms with Crippen LogP contribution in [0.4, 0.5) is 0 Å². The molecule has 1 heterocycles. The molecule has 0 amide bonds. The molecular formula is C24H21N3O2. The van der Waals surface area contributed by atoms with E-state index in [4.69, 9.17) is 15.7 Å². The van der Waals surface area contributed by atoms with Gasteiger partial charge in [0.1, 0.15) is 11.5 Å². The first-order chi connectivity index (χ1) is 14.2. The minimum absolute atomic E-state index is 0.0431. The van der Waals surface area contributed by atoms with Gasteiger partial charge < -0.3 is 20.1 Å². The molecule has 3 N–H and O–H groups in total. The number of para-hydroxylation sites is 1. The highest BCUT2D eigenvalue weighted by atomic mass is 16.5. The zero-order valence-electron chi connectivity index (χ0n) is 15.8. The van der Waals surface area contributed by atoms with Gasteiger partial charge in [-0.1, -0.05) is 24.3 Å². The van der Waals surface area contributed by atoms with Crippen LogP contribution in [0, 0.1) is 11.3 Å². The van der Waals surface area contributed by atoms with Gasteiger partial charge in [-0.05, 0) is 60.5 Å². The number of aliphatic hydroxyl groups is 1. The van der Waals surface area contributed by atoms with Crippen molar-refractivity contribution in [2.75, 3.05) is 6.61 Å². The lowest BCUT2D eigenvalue weighted by atomic mass is 10.1. The second kappa shape index (κ2) is 8.19. The van der Waals surface area contributed by atoms with E-state index in [0.29, 0.717) is 23.5 Å². The number of aromatic nitrogens is 1. The Kier molecular flexibility index (Phi) is 5.30. The minimum atomic E-state index is -0.283. The summed E-state index contributed by atoms with van der Waals surface area (Å²) in [5.74, 6) is 1.33. The zero-order chi connectivity index (χ0) is 20.2. The van der Waals surface area contributed by atoms with E-state index in [9.17, 15) is 5.11 Å². The molecule has 4 rings (SSSR count). The maximum absolute atomic E-state index is 9.31. The molecule has 1 aromatic heterocycles. The fourth-order valence-electron chi connectivity index (χ4n) is 3.41. The van der Waals surface area contributed by atoms with Crippen LogP contribution in [0.1, 0.15) is 11.1 Å². The summed E-state index contributed by atoms with van der Waals surface area (Å²) in [4.78, 5) is 0. The molecule has 1 unspecified atom stereocenters. The smallest absolute Gasteiger partial charge is 0.128 e. The van der Waals surface area contributed by atoms with Crippen LogP contribution in [0.5, 0.6) is 11.5 Å². The summed E-state index contributed by atoms with van der Waals surface area (Å²) in [7, 11) is 0. The summed E-state index contributed by atoms with van der Waals surface area (Å²) >= 11 is 0. The Hall–Kier alpha value is -3.59. The average molecular weight is 383 g/mol. The summed E-state index contributed by atoms with van der Waals surface area (Å²) in [6, 6.07) is 24.9. The Bertz CT molecular complexity index is 1170. The summed E-state index contributed by atoms with van der Waals surface area (Å²) in [5.41, 5.74) is 9.72. The Morgan fingerprint density at radius 2 is 1.79 bits per heavy atom. The van der Waals surface area contributed by atoms with Crippen molar-refractivity contribution in [1.82, 2.24) is 4.57 Å². The average Bonchev–Trinajstić information content (AvgIpc) is 3.13. The van der Waals surface area contributed by atoms with E-state index in [2.05, 4.69) is 29.0 Å². The minimum Gasteiger partial charge on any atom is -0.457 e. The van der Waals surface area contributed by atoms with Gasteiger partial charge in [0.25, 0.3) is 0 Å². The molecule has 0 aliphatic heterocycles. The molecule has 4 aromatic rings. The maximum atomic E-state index is 9.31. The lowest BCUT2D eigenvalue weighted by Gasteiger charge is -2.09. The van der Waals surface area contributed by atoms with E-state index in [1.807, 2.05) is 42.5 Å². The molecule has 0 aliphatic rings. The van der Waals surface area contributed by atoms with E-state index in [1.54, 1.807) is 18.2 Å². The standard InChI is InChI=1S/C24H21N3O2/c25-14-17-4-3-5-22(12-17)29-21-10-8-20(9-11-21)27-15-18(13-19(26)16-28)23-6-1-2-7-24(23)27/h1-12,15,19,28H,13,16,26H2. The van der Waals surface area contributed by atoms with Crippen molar-refractivity contribution in [3.8, 4) is 23.3 Å². The largest absolute Gasteiger partial charge is 0.457 e. The highest BCUT2D eigenvalue weighted by Crippen LogP contribution is 2.28. The number of benzene rings is 3. The number of hydrogen-bond acceptors (Lipinski definition) is 4.